The van der Waals surface area contributed by atoms with Crippen LogP contribution in [0, 0.1) is 5.82 Å². The third-order valence-electron chi connectivity index (χ3n) is 4.37. The molecular weight excluding hydrogens is 455 g/mol. The van der Waals surface area contributed by atoms with E-state index >= 15 is 0 Å². The summed E-state index contributed by atoms with van der Waals surface area (Å²) in [7, 11) is -0.146. The third kappa shape index (κ3) is 6.14. The predicted molar refractivity (Wildman–Crippen MR) is 116 cm³/mol. The van der Waals surface area contributed by atoms with Crippen molar-refractivity contribution in [2.45, 2.75) is 29.8 Å². The highest BCUT2D eigenvalue weighted by atomic mass is 35.5. The van der Waals surface area contributed by atoms with Crippen molar-refractivity contribution in [3.63, 3.8) is 0 Å². The molecule has 2 atom stereocenters. The van der Waals surface area contributed by atoms with Crippen LogP contribution in [0.5, 0.6) is 0 Å². The highest BCUT2D eigenvalue weighted by molar-refractivity contribution is 7.93. The lowest BCUT2D eigenvalue weighted by Gasteiger charge is -2.35. The number of likely N-dealkylation sites (N-methyl/N-ethyl adjacent to an activating group) is 1. The van der Waals surface area contributed by atoms with Gasteiger partial charge in [-0.15, -0.1) is 11.3 Å². The van der Waals surface area contributed by atoms with Crippen molar-refractivity contribution in [1.82, 2.24) is 9.88 Å². The summed E-state index contributed by atoms with van der Waals surface area (Å²) in [6.07, 6.45) is 7.28. The van der Waals surface area contributed by atoms with Crippen molar-refractivity contribution in [2.24, 2.45) is 0 Å². The maximum absolute atomic E-state index is 14.6. The van der Waals surface area contributed by atoms with Crippen LogP contribution in [0.1, 0.15) is 12.8 Å². The van der Waals surface area contributed by atoms with E-state index in [-0.39, 0.29) is 28.7 Å². The van der Waals surface area contributed by atoms with E-state index in [1.165, 1.54) is 6.20 Å². The van der Waals surface area contributed by atoms with Crippen molar-refractivity contribution in [3.05, 3.63) is 46.7 Å². The molecule has 1 aromatic heterocycles. The molecule has 12 heteroatoms. The molecule has 8 nitrogen and oxygen atoms in total. The number of rotatable bonds is 6. The fourth-order valence-corrected chi connectivity index (χ4v) is 5.17. The summed E-state index contributed by atoms with van der Waals surface area (Å²) in [5, 5.41) is 12.1. The van der Waals surface area contributed by atoms with Gasteiger partial charge < -0.3 is 15.3 Å². The van der Waals surface area contributed by atoms with Crippen LogP contribution >= 0.6 is 22.9 Å². The lowest BCUT2D eigenvalue weighted by molar-refractivity contribution is -0.122. The molecule has 1 heterocycles. The molecular formula is C18H22ClFN4O4S2. The molecule has 0 saturated carbocycles. The van der Waals surface area contributed by atoms with Crippen LogP contribution in [-0.4, -0.2) is 56.1 Å². The summed E-state index contributed by atoms with van der Waals surface area (Å²) >= 11 is 7.37. The van der Waals surface area contributed by atoms with Crippen LogP contribution in [0.3, 0.4) is 0 Å². The van der Waals surface area contributed by atoms with Gasteiger partial charge in [-0.25, -0.2) is 17.8 Å². The van der Waals surface area contributed by atoms with Gasteiger partial charge in [-0.2, -0.15) is 0 Å². The number of anilines is 2. The van der Waals surface area contributed by atoms with Crippen LogP contribution in [0.4, 0.5) is 15.2 Å². The van der Waals surface area contributed by atoms with E-state index in [1.807, 2.05) is 14.1 Å². The molecule has 1 aliphatic carbocycles. The lowest BCUT2D eigenvalue weighted by atomic mass is 9.95. The van der Waals surface area contributed by atoms with E-state index in [9.17, 15) is 12.8 Å². The number of thiazole rings is 1. The Hall–Kier alpha value is -2.21. The normalized spacial score (nSPS) is 18.4. The number of carboxylic acid groups (broad SMARTS) is 1. The molecule has 3 rings (SSSR count). The van der Waals surface area contributed by atoms with Crippen molar-refractivity contribution >= 4 is 50.3 Å². The smallest absolute Gasteiger partial charge is 0.290 e. The van der Waals surface area contributed by atoms with Gasteiger partial charge in [0.25, 0.3) is 16.5 Å². The van der Waals surface area contributed by atoms with Crippen LogP contribution in [0.15, 0.2) is 40.8 Å². The minimum atomic E-state index is -4.12. The Morgan fingerprint density at radius 2 is 2.00 bits per heavy atom. The first-order valence-electron chi connectivity index (χ1n) is 8.76. The third-order valence-corrected chi connectivity index (χ3v) is 6.85. The monoisotopic (exact) mass is 476 g/mol. The number of hydrogen-bond acceptors (Lipinski definition) is 7. The Kier molecular flexibility index (Phi) is 8.59. The molecule has 3 N–H and O–H groups in total. The molecule has 0 aliphatic heterocycles. The highest BCUT2D eigenvalue weighted by Crippen LogP contribution is 2.31. The number of benzene rings is 1. The van der Waals surface area contributed by atoms with Crippen LogP contribution in [0.25, 0.3) is 0 Å². The predicted octanol–water partition coefficient (Wildman–Crippen LogP) is 3.50. The molecule has 1 aromatic carbocycles. The first kappa shape index (κ1) is 24.1. The zero-order valence-electron chi connectivity index (χ0n) is 16.2. The van der Waals surface area contributed by atoms with Gasteiger partial charge in [0.05, 0.1) is 10.7 Å². The van der Waals surface area contributed by atoms with Gasteiger partial charge in [0, 0.05) is 23.7 Å². The van der Waals surface area contributed by atoms with E-state index in [0.29, 0.717) is 5.69 Å². The maximum Gasteiger partial charge on any atom is 0.290 e. The van der Waals surface area contributed by atoms with Crippen molar-refractivity contribution in [1.29, 1.82) is 0 Å². The molecule has 0 unspecified atom stereocenters. The standard InChI is InChI=1S/C17H20ClFN4O2S2.CH2O2/c1-23(2)15-6-4-3-5-13(15)21-14-10-12(19)16(9-11(14)18)27(24,25)22-17-20-7-8-26-17;2-1-3/h3-4,7-10,13,15,21H,5-6H2,1-2H3,(H,20,22);1H,(H,2,3)/t13-,15-;/m0./s1. The summed E-state index contributed by atoms with van der Waals surface area (Å²) in [6, 6.07) is 2.52. The summed E-state index contributed by atoms with van der Waals surface area (Å²) in [5.41, 5.74) is 0.370. The minimum absolute atomic E-state index is 0.0396. The van der Waals surface area contributed by atoms with E-state index < -0.39 is 20.7 Å². The molecule has 2 aromatic rings. The van der Waals surface area contributed by atoms with Gasteiger partial charge in [0.1, 0.15) is 10.7 Å². The van der Waals surface area contributed by atoms with Gasteiger partial charge in [0.15, 0.2) is 5.13 Å². The van der Waals surface area contributed by atoms with Crippen molar-refractivity contribution in [2.75, 3.05) is 24.1 Å². The molecule has 0 radical (unpaired) electrons. The summed E-state index contributed by atoms with van der Waals surface area (Å²) in [4.78, 5) is 13.8. The molecule has 1 aliphatic rings. The van der Waals surface area contributed by atoms with Crippen LogP contribution in [-0.2, 0) is 14.8 Å². The van der Waals surface area contributed by atoms with Gasteiger partial charge >= 0.3 is 0 Å². The molecule has 0 fully saturated rings. The second-order valence-electron chi connectivity index (χ2n) is 6.54. The summed E-state index contributed by atoms with van der Waals surface area (Å²) in [6.45, 7) is -0.250. The number of nitrogens with one attached hydrogen (secondary N) is 2. The first-order chi connectivity index (χ1) is 14.2. The zero-order chi connectivity index (χ0) is 22.3. The molecule has 30 heavy (non-hydrogen) atoms. The Morgan fingerprint density at radius 3 is 2.60 bits per heavy atom. The largest absolute Gasteiger partial charge is 0.483 e. The quantitative estimate of drug-likeness (QED) is 0.432. The second-order valence-corrected chi connectivity index (χ2v) is 9.49. The van der Waals surface area contributed by atoms with Crippen LogP contribution < -0.4 is 10.0 Å². The Labute approximate surface area is 183 Å². The van der Waals surface area contributed by atoms with Gasteiger partial charge in [-0.3, -0.25) is 9.52 Å². The Morgan fingerprint density at radius 1 is 1.33 bits per heavy atom. The molecule has 0 amide bonds. The van der Waals surface area contributed by atoms with E-state index in [2.05, 4.69) is 32.1 Å². The second kappa shape index (κ2) is 10.7. The number of aromatic nitrogens is 1. The number of hydrogen-bond donors (Lipinski definition) is 3. The van der Waals surface area contributed by atoms with Gasteiger partial charge in [-0.05, 0) is 39.1 Å². The maximum atomic E-state index is 14.6. The van der Waals surface area contributed by atoms with E-state index in [4.69, 9.17) is 21.5 Å². The van der Waals surface area contributed by atoms with E-state index in [1.54, 1.807) is 5.38 Å². The van der Waals surface area contributed by atoms with Gasteiger partial charge in [0.2, 0.25) is 0 Å². The first-order valence-corrected chi connectivity index (χ1v) is 11.5. The number of halogens is 2. The topological polar surface area (TPSA) is 112 Å². The van der Waals surface area contributed by atoms with Crippen LogP contribution in [0.2, 0.25) is 5.02 Å². The van der Waals surface area contributed by atoms with E-state index in [0.717, 1.165) is 36.3 Å². The van der Waals surface area contributed by atoms with Gasteiger partial charge in [-0.1, -0.05) is 23.8 Å². The fraction of sp³-hybridized carbons (Fsp3) is 0.333. The average Bonchev–Trinajstić information content (AvgIpc) is 3.17. The minimum Gasteiger partial charge on any atom is -0.483 e. The van der Waals surface area contributed by atoms with Crippen molar-refractivity contribution in [3.8, 4) is 0 Å². The van der Waals surface area contributed by atoms with Crippen molar-refractivity contribution < 1.29 is 22.7 Å². The Balaban J connectivity index is 0.00000101. The molecule has 0 bridgehead atoms. The number of carbonyl (C=O) groups is 1. The molecule has 0 saturated heterocycles. The highest BCUT2D eigenvalue weighted by Gasteiger charge is 2.27. The average molecular weight is 477 g/mol. The summed E-state index contributed by atoms with van der Waals surface area (Å²) < 4.78 is 41.7. The lowest BCUT2D eigenvalue weighted by Crippen LogP contribution is -2.44. The Bertz CT molecular complexity index is 984. The SMILES string of the molecule is CN(C)[C@H]1CC=CC[C@@H]1Nc1cc(F)c(S(=O)(=O)Nc2nccs2)cc1Cl.O=CO. The summed E-state index contributed by atoms with van der Waals surface area (Å²) in [5.74, 6) is -0.876. The zero-order valence-corrected chi connectivity index (χ0v) is 18.6. The molecule has 164 valence electrons. The number of nitrogens with zero attached hydrogens (tertiary/aromatic N) is 2. The molecule has 0 spiro atoms. The fourth-order valence-electron chi connectivity index (χ4n) is 3.01. The number of sulfonamides is 1.